The van der Waals surface area contributed by atoms with Crippen LogP contribution in [0.2, 0.25) is 0 Å². The first-order valence-corrected chi connectivity index (χ1v) is 11.4. The molecule has 1 aromatic heterocycles. The molecule has 2 rings (SSSR count). The van der Waals surface area contributed by atoms with Gasteiger partial charge in [-0.05, 0) is 74.7 Å². The van der Waals surface area contributed by atoms with Crippen molar-refractivity contribution in [3.63, 3.8) is 0 Å². The minimum absolute atomic E-state index is 0.0444. The molecule has 0 saturated carbocycles. The van der Waals surface area contributed by atoms with Crippen molar-refractivity contribution >= 4 is 27.5 Å². The molecule has 27 heavy (non-hydrogen) atoms. The third kappa shape index (κ3) is 7.56. The summed E-state index contributed by atoms with van der Waals surface area (Å²) in [6, 6.07) is 13.7. The van der Waals surface area contributed by atoms with E-state index in [0.29, 0.717) is 24.0 Å². The van der Waals surface area contributed by atoms with Crippen LogP contribution in [-0.2, 0) is 4.74 Å². The molecular weight excluding hydrogens is 376 g/mol. The molecule has 2 aromatic rings. The number of amides is 1. The van der Waals surface area contributed by atoms with Crippen LogP contribution in [0.25, 0.3) is 0 Å². The van der Waals surface area contributed by atoms with E-state index in [1.807, 2.05) is 63.2 Å². The Balaban J connectivity index is 1.82. The fourth-order valence-electron chi connectivity index (χ4n) is 2.52. The van der Waals surface area contributed by atoms with E-state index in [9.17, 15) is 4.79 Å². The molecule has 1 unspecified atom stereocenters. The SMILES string of the molecule is CCOC(C)(C)CCNC(=O)c1ccc(C(C)SSc2ccccn2)cc1. The highest BCUT2D eigenvalue weighted by Crippen LogP contribution is 2.41. The number of carbonyl (C=O) groups excluding carboxylic acids is 1. The number of nitrogens with one attached hydrogen (secondary N) is 1. The molecule has 0 aliphatic heterocycles. The highest BCUT2D eigenvalue weighted by molar-refractivity contribution is 8.76. The first-order chi connectivity index (χ1) is 12.9. The largest absolute Gasteiger partial charge is 0.376 e. The first-order valence-electron chi connectivity index (χ1n) is 9.18. The molecule has 1 atom stereocenters. The second-order valence-corrected chi connectivity index (χ2v) is 9.37. The molecule has 1 amide bonds. The zero-order chi connectivity index (χ0) is 19.7. The summed E-state index contributed by atoms with van der Waals surface area (Å²) in [5.41, 5.74) is 1.66. The maximum Gasteiger partial charge on any atom is 0.251 e. The molecule has 0 radical (unpaired) electrons. The van der Waals surface area contributed by atoms with Crippen molar-refractivity contribution in [2.75, 3.05) is 13.2 Å². The first kappa shape index (κ1) is 21.8. The smallest absolute Gasteiger partial charge is 0.251 e. The highest BCUT2D eigenvalue weighted by atomic mass is 33.1. The predicted molar refractivity (Wildman–Crippen MR) is 115 cm³/mol. The summed E-state index contributed by atoms with van der Waals surface area (Å²) in [4.78, 5) is 16.6. The number of ether oxygens (including phenoxy) is 1. The summed E-state index contributed by atoms with van der Waals surface area (Å²) in [7, 11) is 3.42. The summed E-state index contributed by atoms with van der Waals surface area (Å²) < 4.78 is 5.65. The minimum Gasteiger partial charge on any atom is -0.376 e. The van der Waals surface area contributed by atoms with Crippen molar-refractivity contribution in [3.05, 3.63) is 59.8 Å². The number of aromatic nitrogens is 1. The minimum atomic E-state index is -0.218. The second kappa shape index (κ2) is 10.7. The third-order valence-electron chi connectivity index (χ3n) is 4.11. The summed E-state index contributed by atoms with van der Waals surface area (Å²) in [6.45, 7) is 9.50. The van der Waals surface area contributed by atoms with E-state index >= 15 is 0 Å². The Morgan fingerprint density at radius 3 is 2.59 bits per heavy atom. The summed E-state index contributed by atoms with van der Waals surface area (Å²) >= 11 is 0. The number of benzene rings is 1. The Bertz CT molecular complexity index is 706. The maximum absolute atomic E-state index is 12.3. The van der Waals surface area contributed by atoms with E-state index in [-0.39, 0.29) is 11.5 Å². The van der Waals surface area contributed by atoms with E-state index < -0.39 is 0 Å². The zero-order valence-corrected chi connectivity index (χ0v) is 18.0. The molecule has 0 spiro atoms. The van der Waals surface area contributed by atoms with E-state index in [2.05, 4.69) is 17.2 Å². The summed E-state index contributed by atoms with van der Waals surface area (Å²) in [5.74, 6) is -0.0444. The molecule has 0 aliphatic carbocycles. The molecule has 0 saturated heterocycles. The van der Waals surface area contributed by atoms with Crippen LogP contribution >= 0.6 is 21.6 Å². The lowest BCUT2D eigenvalue weighted by atomic mass is 10.0. The molecule has 4 nitrogen and oxygen atoms in total. The van der Waals surface area contributed by atoms with Crippen LogP contribution in [0.5, 0.6) is 0 Å². The van der Waals surface area contributed by atoms with Crippen LogP contribution in [0.3, 0.4) is 0 Å². The molecule has 1 N–H and O–H groups in total. The Morgan fingerprint density at radius 2 is 1.96 bits per heavy atom. The van der Waals surface area contributed by atoms with Crippen molar-refractivity contribution in [1.82, 2.24) is 10.3 Å². The van der Waals surface area contributed by atoms with Gasteiger partial charge in [0.05, 0.1) is 5.60 Å². The lowest BCUT2D eigenvalue weighted by Crippen LogP contribution is -2.32. The lowest BCUT2D eigenvalue weighted by molar-refractivity contribution is -0.0153. The maximum atomic E-state index is 12.3. The van der Waals surface area contributed by atoms with E-state index in [1.165, 1.54) is 5.56 Å². The fourth-order valence-corrected chi connectivity index (χ4v) is 4.63. The number of nitrogens with zero attached hydrogens (tertiary/aromatic N) is 1. The number of hydrogen-bond donors (Lipinski definition) is 1. The van der Waals surface area contributed by atoms with Gasteiger partial charge >= 0.3 is 0 Å². The fraction of sp³-hybridized carbons (Fsp3) is 0.429. The Hall–Kier alpha value is -1.50. The van der Waals surface area contributed by atoms with Crippen molar-refractivity contribution in [1.29, 1.82) is 0 Å². The van der Waals surface area contributed by atoms with Gasteiger partial charge in [-0.2, -0.15) is 0 Å². The molecule has 146 valence electrons. The summed E-state index contributed by atoms with van der Waals surface area (Å²) in [6.07, 6.45) is 2.58. The molecule has 1 heterocycles. The van der Waals surface area contributed by atoms with E-state index in [1.54, 1.807) is 27.8 Å². The predicted octanol–water partition coefficient (Wildman–Crippen LogP) is 5.52. The number of carbonyl (C=O) groups is 1. The van der Waals surface area contributed by atoms with Crippen molar-refractivity contribution in [2.45, 2.75) is 50.0 Å². The molecule has 0 bridgehead atoms. The standard InChI is InChI=1S/C21H28N2O2S2/c1-5-25-21(3,4)13-15-23-20(24)18-11-9-17(10-12-18)16(2)26-27-19-8-6-7-14-22-19/h6-12,14,16H,5,13,15H2,1-4H3,(H,23,24). The normalized spacial score (nSPS) is 12.6. The van der Waals surface area contributed by atoms with Crippen molar-refractivity contribution in [2.24, 2.45) is 0 Å². The van der Waals surface area contributed by atoms with Gasteiger partial charge in [-0.25, -0.2) is 4.98 Å². The molecule has 1 aromatic carbocycles. The van der Waals surface area contributed by atoms with Gasteiger partial charge in [0, 0.05) is 30.2 Å². The highest BCUT2D eigenvalue weighted by Gasteiger charge is 2.17. The molecule has 6 heteroatoms. The van der Waals surface area contributed by atoms with Crippen molar-refractivity contribution in [3.8, 4) is 0 Å². The average Bonchev–Trinajstić information content (AvgIpc) is 2.66. The number of pyridine rings is 1. The second-order valence-electron chi connectivity index (χ2n) is 6.81. The van der Waals surface area contributed by atoms with E-state index in [0.717, 1.165) is 11.4 Å². The average molecular weight is 405 g/mol. The van der Waals surface area contributed by atoms with Crippen LogP contribution in [0, 0.1) is 0 Å². The topological polar surface area (TPSA) is 51.2 Å². The van der Waals surface area contributed by atoms with Crippen LogP contribution in [-0.4, -0.2) is 29.6 Å². The summed E-state index contributed by atoms with van der Waals surface area (Å²) in [5, 5.41) is 4.28. The van der Waals surface area contributed by atoms with Gasteiger partial charge in [-0.15, -0.1) is 0 Å². The third-order valence-corrected chi connectivity index (χ3v) is 6.84. The zero-order valence-electron chi connectivity index (χ0n) is 16.4. The van der Waals surface area contributed by atoms with E-state index in [4.69, 9.17) is 4.74 Å². The van der Waals surface area contributed by atoms with Crippen LogP contribution in [0.1, 0.15) is 55.3 Å². The number of rotatable bonds is 10. The van der Waals surface area contributed by atoms with Gasteiger partial charge in [-0.1, -0.05) is 29.0 Å². The molecule has 0 fully saturated rings. The quantitative estimate of drug-likeness (QED) is 0.529. The van der Waals surface area contributed by atoms with Gasteiger partial charge in [0.2, 0.25) is 0 Å². The van der Waals surface area contributed by atoms with Gasteiger partial charge in [0.25, 0.3) is 5.91 Å². The van der Waals surface area contributed by atoms with Crippen LogP contribution in [0.4, 0.5) is 0 Å². The Kier molecular flexibility index (Phi) is 8.67. The monoisotopic (exact) mass is 404 g/mol. The molecule has 0 aliphatic rings. The van der Waals surface area contributed by atoms with Gasteiger partial charge in [0.15, 0.2) is 0 Å². The lowest BCUT2D eigenvalue weighted by Gasteiger charge is -2.24. The van der Waals surface area contributed by atoms with Crippen molar-refractivity contribution < 1.29 is 9.53 Å². The van der Waals surface area contributed by atoms with Gasteiger partial charge in [0.1, 0.15) is 5.03 Å². The Morgan fingerprint density at radius 1 is 1.22 bits per heavy atom. The van der Waals surface area contributed by atoms with Gasteiger partial charge in [-0.3, -0.25) is 4.79 Å². The number of hydrogen-bond acceptors (Lipinski definition) is 5. The van der Waals surface area contributed by atoms with Crippen LogP contribution < -0.4 is 5.32 Å². The van der Waals surface area contributed by atoms with Gasteiger partial charge < -0.3 is 10.1 Å². The Labute approximate surface area is 170 Å². The van der Waals surface area contributed by atoms with Crippen LogP contribution in [0.15, 0.2) is 53.7 Å². The molecular formula is C21H28N2O2S2.